The molecule has 2 unspecified atom stereocenters. The summed E-state index contributed by atoms with van der Waals surface area (Å²) < 4.78 is 5.11. The largest absolute Gasteiger partial charge is 0.465 e. The molecule has 0 radical (unpaired) electrons. The highest BCUT2D eigenvalue weighted by atomic mass is 16.5. The lowest BCUT2D eigenvalue weighted by Crippen LogP contribution is -2.57. The number of primary amides is 1. The van der Waals surface area contributed by atoms with Crippen molar-refractivity contribution in [2.24, 2.45) is 17.4 Å². The minimum absolute atomic E-state index is 0.0812. The Morgan fingerprint density at radius 2 is 1.78 bits per heavy atom. The summed E-state index contributed by atoms with van der Waals surface area (Å²) in [6, 6.07) is 8.22. The van der Waals surface area contributed by atoms with Crippen LogP contribution in [0.5, 0.6) is 0 Å². The van der Waals surface area contributed by atoms with Gasteiger partial charge >= 0.3 is 5.97 Å². The topological polar surface area (TPSA) is 129 Å². The maximum Gasteiger partial charge on any atom is 0.320 e. The maximum atomic E-state index is 11.9. The van der Waals surface area contributed by atoms with Gasteiger partial charge in [-0.25, -0.2) is 0 Å². The molecule has 3 rings (SSSR count). The van der Waals surface area contributed by atoms with Gasteiger partial charge in [-0.1, -0.05) is 0 Å². The van der Waals surface area contributed by atoms with Crippen molar-refractivity contribution >= 4 is 23.4 Å². The number of amides is 1. The number of likely N-dealkylation sites (tertiary alicyclic amines) is 1. The van der Waals surface area contributed by atoms with E-state index in [1.165, 1.54) is 0 Å². The summed E-state index contributed by atoms with van der Waals surface area (Å²) >= 11 is 0. The number of esters is 1. The van der Waals surface area contributed by atoms with Gasteiger partial charge in [0.25, 0.3) is 0 Å². The normalized spacial score (nSPS) is 22.5. The van der Waals surface area contributed by atoms with Gasteiger partial charge in [-0.05, 0) is 49.9 Å². The van der Waals surface area contributed by atoms with Crippen LogP contribution in [0.3, 0.4) is 0 Å². The zero-order valence-electron chi connectivity index (χ0n) is 19.0. The van der Waals surface area contributed by atoms with Gasteiger partial charge in [0, 0.05) is 63.0 Å². The Labute approximate surface area is 190 Å². The number of ether oxygens (including phenoxy) is 1. The van der Waals surface area contributed by atoms with E-state index < -0.39 is 0 Å². The number of amidine groups is 1. The molecule has 0 aliphatic carbocycles. The molecule has 0 spiro atoms. The van der Waals surface area contributed by atoms with Crippen LogP contribution in [0.25, 0.3) is 0 Å². The van der Waals surface area contributed by atoms with Gasteiger partial charge in [-0.15, -0.1) is 0 Å². The molecule has 5 N–H and O–H groups in total. The molecule has 2 heterocycles. The van der Waals surface area contributed by atoms with Crippen LogP contribution < -0.4 is 16.4 Å². The number of nitrogen functional groups attached to an aromatic ring is 1. The first-order valence-electron chi connectivity index (χ1n) is 11.5. The number of rotatable bonds is 9. The van der Waals surface area contributed by atoms with Gasteiger partial charge in [-0.2, -0.15) is 0 Å². The lowest BCUT2D eigenvalue weighted by atomic mass is 9.86. The number of hydrogen-bond acceptors (Lipinski definition) is 7. The lowest BCUT2D eigenvalue weighted by Gasteiger charge is -2.47. The third-order valence-corrected chi connectivity index (χ3v) is 6.52. The minimum atomic E-state index is -0.273. The standard InChI is InChI=1S/C23H36N6O3/c1-2-32-22(31)16-27-10-9-20(18(15-27)5-8-21(24)30)29-13-11-28(12-14-29)19-6-3-17(4-7-19)23(25)26/h3-4,6-7,18,20H,2,5,8-16H2,1H3,(H2,24,30)(H3,25,26). The molecule has 2 atom stereocenters. The van der Waals surface area contributed by atoms with Crippen LogP contribution in [0, 0.1) is 11.3 Å². The number of nitrogens with zero attached hydrogens (tertiary/aromatic N) is 3. The number of carbonyl (C=O) groups excluding carboxylic acids is 2. The summed E-state index contributed by atoms with van der Waals surface area (Å²) in [6.45, 7) is 7.88. The van der Waals surface area contributed by atoms with Crippen LogP contribution in [-0.2, 0) is 14.3 Å². The molecule has 176 valence electrons. The summed E-state index contributed by atoms with van der Waals surface area (Å²) in [5.74, 6) is -0.0844. The minimum Gasteiger partial charge on any atom is -0.465 e. The highest BCUT2D eigenvalue weighted by Crippen LogP contribution is 2.28. The summed E-state index contributed by atoms with van der Waals surface area (Å²) in [5.41, 5.74) is 12.9. The van der Waals surface area contributed by atoms with E-state index in [0.717, 1.165) is 63.4 Å². The molecular weight excluding hydrogens is 408 g/mol. The smallest absolute Gasteiger partial charge is 0.320 e. The van der Waals surface area contributed by atoms with E-state index in [-0.39, 0.29) is 17.7 Å². The summed E-state index contributed by atoms with van der Waals surface area (Å²) in [7, 11) is 0. The molecule has 2 fully saturated rings. The number of anilines is 1. The van der Waals surface area contributed by atoms with E-state index in [1.807, 2.05) is 31.2 Å². The summed E-state index contributed by atoms with van der Waals surface area (Å²) in [4.78, 5) is 30.4. The number of piperazine rings is 1. The Morgan fingerprint density at radius 1 is 1.09 bits per heavy atom. The average Bonchev–Trinajstić information content (AvgIpc) is 2.78. The Balaban J connectivity index is 1.58. The Morgan fingerprint density at radius 3 is 2.38 bits per heavy atom. The molecule has 9 heteroatoms. The fourth-order valence-electron chi connectivity index (χ4n) is 4.88. The number of nitrogens with two attached hydrogens (primary N) is 2. The molecule has 32 heavy (non-hydrogen) atoms. The number of nitrogens with one attached hydrogen (secondary N) is 1. The molecule has 1 aromatic rings. The fraction of sp³-hybridized carbons (Fsp3) is 0.609. The van der Waals surface area contributed by atoms with Crippen molar-refractivity contribution in [3.63, 3.8) is 0 Å². The number of benzene rings is 1. The van der Waals surface area contributed by atoms with Gasteiger partial charge in [-0.3, -0.25) is 24.8 Å². The second-order valence-electron chi connectivity index (χ2n) is 8.64. The van der Waals surface area contributed by atoms with Crippen molar-refractivity contribution in [3.8, 4) is 0 Å². The average molecular weight is 445 g/mol. The van der Waals surface area contributed by atoms with Gasteiger partial charge in [0.15, 0.2) is 0 Å². The third-order valence-electron chi connectivity index (χ3n) is 6.52. The number of carbonyl (C=O) groups is 2. The van der Waals surface area contributed by atoms with Gasteiger partial charge in [0.2, 0.25) is 5.91 Å². The molecular formula is C23H36N6O3. The van der Waals surface area contributed by atoms with Crippen LogP contribution in [0.1, 0.15) is 31.7 Å². The number of piperidine rings is 1. The maximum absolute atomic E-state index is 11.9. The van der Waals surface area contributed by atoms with Gasteiger partial charge in [0.05, 0.1) is 13.2 Å². The molecule has 0 saturated carbocycles. The van der Waals surface area contributed by atoms with Crippen LogP contribution in [0.2, 0.25) is 0 Å². The van der Waals surface area contributed by atoms with Gasteiger partial charge in [0.1, 0.15) is 5.84 Å². The first kappa shape index (κ1) is 24.0. The first-order chi connectivity index (χ1) is 15.4. The SMILES string of the molecule is CCOC(=O)CN1CCC(N2CCN(c3ccc(C(=N)N)cc3)CC2)C(CCC(N)=O)C1. The molecule has 2 saturated heterocycles. The second kappa shape index (κ2) is 11.3. The van der Waals surface area contributed by atoms with Crippen molar-refractivity contribution in [1.29, 1.82) is 5.41 Å². The highest BCUT2D eigenvalue weighted by Gasteiger charge is 2.35. The zero-order valence-corrected chi connectivity index (χ0v) is 19.0. The third kappa shape index (κ3) is 6.43. The van der Waals surface area contributed by atoms with Crippen LogP contribution >= 0.6 is 0 Å². The van der Waals surface area contributed by atoms with Gasteiger partial charge < -0.3 is 21.1 Å². The van der Waals surface area contributed by atoms with Crippen molar-refractivity contribution in [2.45, 2.75) is 32.2 Å². The second-order valence-corrected chi connectivity index (χ2v) is 8.64. The molecule has 1 amide bonds. The van der Waals surface area contributed by atoms with E-state index in [1.54, 1.807) is 0 Å². The van der Waals surface area contributed by atoms with E-state index in [4.69, 9.17) is 21.6 Å². The van der Waals surface area contributed by atoms with Crippen molar-refractivity contribution < 1.29 is 14.3 Å². The van der Waals surface area contributed by atoms with Crippen LogP contribution in [0.4, 0.5) is 5.69 Å². The van der Waals surface area contributed by atoms with E-state index in [2.05, 4.69) is 14.7 Å². The van der Waals surface area contributed by atoms with Crippen LogP contribution in [-0.4, -0.2) is 86.0 Å². The monoisotopic (exact) mass is 444 g/mol. The Hall–Kier alpha value is -2.65. The molecule has 9 nitrogen and oxygen atoms in total. The Bertz CT molecular complexity index is 791. The Kier molecular flexibility index (Phi) is 8.46. The summed E-state index contributed by atoms with van der Waals surface area (Å²) in [6.07, 6.45) is 2.08. The highest BCUT2D eigenvalue weighted by molar-refractivity contribution is 5.95. The van der Waals surface area contributed by atoms with Crippen LogP contribution in [0.15, 0.2) is 24.3 Å². The molecule has 0 bridgehead atoms. The first-order valence-corrected chi connectivity index (χ1v) is 11.5. The molecule has 1 aromatic carbocycles. The van der Waals surface area contributed by atoms with E-state index >= 15 is 0 Å². The van der Waals surface area contributed by atoms with Crippen molar-refractivity contribution in [3.05, 3.63) is 29.8 Å². The predicted octanol–water partition coefficient (Wildman–Crippen LogP) is 0.612. The quantitative estimate of drug-likeness (QED) is 0.289. The zero-order chi connectivity index (χ0) is 23.1. The van der Waals surface area contributed by atoms with Crippen molar-refractivity contribution in [1.82, 2.24) is 9.80 Å². The summed E-state index contributed by atoms with van der Waals surface area (Å²) in [5, 5.41) is 7.54. The number of hydrogen-bond donors (Lipinski definition) is 3. The molecule has 2 aliphatic rings. The van der Waals surface area contributed by atoms with E-state index in [9.17, 15) is 9.59 Å². The lowest BCUT2D eigenvalue weighted by molar-refractivity contribution is -0.145. The van der Waals surface area contributed by atoms with E-state index in [0.29, 0.717) is 31.5 Å². The van der Waals surface area contributed by atoms with Crippen molar-refractivity contribution in [2.75, 3.05) is 57.3 Å². The predicted molar refractivity (Wildman–Crippen MR) is 125 cm³/mol. The fourth-order valence-corrected chi connectivity index (χ4v) is 4.88. The molecule has 0 aromatic heterocycles. The molecule has 2 aliphatic heterocycles.